The van der Waals surface area contributed by atoms with E-state index in [4.69, 9.17) is 13.9 Å². The Kier molecular flexibility index (Phi) is 11.7. The molecule has 58 heavy (non-hydrogen) atoms. The van der Waals surface area contributed by atoms with Gasteiger partial charge in [0.15, 0.2) is 11.7 Å². The Hall–Kier alpha value is -5.38. The monoisotopic (exact) mass is 799 g/mol. The molecule has 6 heterocycles. The molecule has 16 heteroatoms. The van der Waals surface area contributed by atoms with Gasteiger partial charge in [-0.25, -0.2) is 14.4 Å². The zero-order chi connectivity index (χ0) is 40.3. The van der Waals surface area contributed by atoms with E-state index < -0.39 is 18.0 Å². The number of urea groups is 1. The highest BCUT2D eigenvalue weighted by atomic mass is 16.6. The molecular weight excluding hydrogens is 747 g/mol. The van der Waals surface area contributed by atoms with Gasteiger partial charge in [-0.15, -0.1) is 0 Å². The maximum absolute atomic E-state index is 14.3. The smallest absolute Gasteiger partial charge is 0.417 e. The van der Waals surface area contributed by atoms with Gasteiger partial charge >= 0.3 is 23.8 Å². The number of carbonyl (C=O) groups excluding carboxylic acids is 5. The zero-order valence-electron chi connectivity index (χ0n) is 33.1. The minimum atomic E-state index is -1.13. The van der Waals surface area contributed by atoms with E-state index in [2.05, 4.69) is 15.2 Å². The number of benzene rings is 2. The molecule has 5 aliphatic heterocycles. The fourth-order valence-electron chi connectivity index (χ4n) is 9.49. The predicted molar refractivity (Wildman–Crippen MR) is 212 cm³/mol. The molecule has 4 fully saturated rings. The number of likely N-dealkylation sites (tertiary alicyclic amines) is 4. The third-order valence-electron chi connectivity index (χ3n) is 12.6. The summed E-state index contributed by atoms with van der Waals surface area (Å²) in [4.78, 5) is 90.3. The number of nitrogens with zero attached hydrogens (tertiary/aromatic N) is 5. The number of fused-ring (bicyclic) bond motifs is 2. The van der Waals surface area contributed by atoms with Gasteiger partial charge in [0.25, 0.3) is 5.91 Å². The molecule has 310 valence electrons. The standard InChI is InChI=1S/C42H53N7O9/c1-27-24-28(25-34-37(27)44-41(54)57-34)26-35(58-42(55)47-19-13-31(14-20-47)49-21-10-29-6-2-3-7-32(29)43-40(49)53)38(51)46-17-11-30(12-18-46)48-16-4-8-33(48)39(52)56-23-22-45-15-5-9-36(45)50/h2-3,6-7,24-25,30-31,33,35H,4-5,8-23,26H2,1H3,(H,43,53)(H,44,54)/t33-,35-/m1/s1. The maximum Gasteiger partial charge on any atom is 0.417 e. The van der Waals surface area contributed by atoms with E-state index in [1.54, 1.807) is 20.8 Å². The van der Waals surface area contributed by atoms with Crippen LogP contribution >= 0.6 is 0 Å². The van der Waals surface area contributed by atoms with Gasteiger partial charge in [0, 0.05) is 69.9 Å². The van der Waals surface area contributed by atoms with Crippen LogP contribution in [0.2, 0.25) is 0 Å². The Balaban J connectivity index is 0.893. The molecule has 3 aromatic rings. The normalized spacial score (nSPS) is 21.6. The molecule has 4 saturated heterocycles. The van der Waals surface area contributed by atoms with Crippen LogP contribution in [0.15, 0.2) is 45.6 Å². The summed E-state index contributed by atoms with van der Waals surface area (Å²) < 4.78 is 17.1. The molecule has 0 radical (unpaired) electrons. The van der Waals surface area contributed by atoms with Gasteiger partial charge in [-0.2, -0.15) is 0 Å². The van der Waals surface area contributed by atoms with Crippen LogP contribution in [0.25, 0.3) is 11.1 Å². The molecule has 0 bridgehead atoms. The number of aromatic nitrogens is 1. The first-order valence-corrected chi connectivity index (χ1v) is 20.8. The number of amides is 5. The van der Waals surface area contributed by atoms with E-state index in [1.807, 2.05) is 42.2 Å². The topological polar surface area (TPSA) is 178 Å². The molecule has 0 saturated carbocycles. The molecule has 0 unspecified atom stereocenters. The first kappa shape index (κ1) is 39.4. The number of ether oxygens (including phenoxy) is 2. The summed E-state index contributed by atoms with van der Waals surface area (Å²) >= 11 is 0. The third-order valence-corrected chi connectivity index (χ3v) is 12.6. The van der Waals surface area contributed by atoms with Gasteiger partial charge in [-0.1, -0.05) is 24.3 Å². The Bertz CT molecular complexity index is 2080. The predicted octanol–water partition coefficient (Wildman–Crippen LogP) is 3.65. The quantitative estimate of drug-likeness (QED) is 0.288. The van der Waals surface area contributed by atoms with E-state index in [0.717, 1.165) is 42.6 Å². The summed E-state index contributed by atoms with van der Waals surface area (Å²) in [6.07, 6.45) is 4.56. The van der Waals surface area contributed by atoms with Crippen LogP contribution in [0, 0.1) is 6.92 Å². The van der Waals surface area contributed by atoms with Crippen molar-refractivity contribution >= 4 is 46.7 Å². The van der Waals surface area contributed by atoms with Crippen molar-refractivity contribution in [2.45, 2.75) is 95.4 Å². The number of hydrogen-bond donors (Lipinski definition) is 2. The van der Waals surface area contributed by atoms with Crippen molar-refractivity contribution in [2.24, 2.45) is 0 Å². The van der Waals surface area contributed by atoms with Crippen LogP contribution in [0.1, 0.15) is 68.1 Å². The molecule has 2 aromatic carbocycles. The number of nitrogens with one attached hydrogen (secondary N) is 2. The summed E-state index contributed by atoms with van der Waals surface area (Å²) in [7, 11) is 0. The van der Waals surface area contributed by atoms with Crippen LogP contribution in [-0.2, 0) is 36.7 Å². The zero-order valence-corrected chi connectivity index (χ0v) is 33.1. The van der Waals surface area contributed by atoms with Crippen LogP contribution in [0.5, 0.6) is 0 Å². The van der Waals surface area contributed by atoms with Gasteiger partial charge in [0.2, 0.25) is 5.91 Å². The molecule has 5 amide bonds. The average molecular weight is 800 g/mol. The maximum atomic E-state index is 14.3. The summed E-state index contributed by atoms with van der Waals surface area (Å²) in [6, 6.07) is 10.9. The van der Waals surface area contributed by atoms with Gasteiger partial charge in [-0.3, -0.25) is 24.3 Å². The highest BCUT2D eigenvalue weighted by Gasteiger charge is 2.40. The van der Waals surface area contributed by atoms with Crippen LogP contribution in [0.4, 0.5) is 15.3 Å². The molecule has 5 aliphatic rings. The number of H-pyrrole nitrogens is 1. The van der Waals surface area contributed by atoms with Crippen molar-refractivity contribution in [3.8, 4) is 0 Å². The Morgan fingerprint density at radius 1 is 0.862 bits per heavy atom. The number of aryl methyl sites for hydroxylation is 1. The van der Waals surface area contributed by atoms with Crippen molar-refractivity contribution in [3.05, 3.63) is 63.6 Å². The lowest BCUT2D eigenvalue weighted by molar-refractivity contribution is -0.152. The Morgan fingerprint density at radius 2 is 1.62 bits per heavy atom. The van der Waals surface area contributed by atoms with Crippen molar-refractivity contribution in [2.75, 3.05) is 64.3 Å². The van der Waals surface area contributed by atoms with Gasteiger partial charge in [0.1, 0.15) is 12.6 Å². The summed E-state index contributed by atoms with van der Waals surface area (Å²) in [5.74, 6) is -1.03. The molecule has 2 N–H and O–H groups in total. The minimum absolute atomic E-state index is 0.0412. The average Bonchev–Trinajstić information content (AvgIpc) is 3.95. The second-order valence-corrected chi connectivity index (χ2v) is 16.2. The van der Waals surface area contributed by atoms with Crippen molar-refractivity contribution < 1.29 is 37.9 Å². The lowest BCUT2D eigenvalue weighted by Gasteiger charge is -2.40. The first-order valence-electron chi connectivity index (χ1n) is 20.8. The van der Waals surface area contributed by atoms with Gasteiger partial charge in [-0.05, 0) is 93.7 Å². The molecular formula is C42H53N7O9. The first-order chi connectivity index (χ1) is 28.1. The third kappa shape index (κ3) is 8.57. The van der Waals surface area contributed by atoms with Gasteiger partial charge < -0.3 is 38.8 Å². The summed E-state index contributed by atoms with van der Waals surface area (Å²) in [6.45, 7) is 6.13. The fraction of sp³-hybridized carbons (Fsp3) is 0.571. The van der Waals surface area contributed by atoms with Crippen LogP contribution < -0.4 is 11.1 Å². The highest BCUT2D eigenvalue weighted by Crippen LogP contribution is 2.29. The summed E-state index contributed by atoms with van der Waals surface area (Å²) in [5, 5.41) is 3.04. The molecule has 0 aliphatic carbocycles. The molecule has 1 aromatic heterocycles. The van der Waals surface area contributed by atoms with Crippen molar-refractivity contribution in [3.63, 3.8) is 0 Å². The van der Waals surface area contributed by atoms with Gasteiger partial charge in [0.05, 0.1) is 12.1 Å². The van der Waals surface area contributed by atoms with Crippen molar-refractivity contribution in [1.29, 1.82) is 0 Å². The number of aromatic amines is 1. The number of piperidine rings is 2. The van der Waals surface area contributed by atoms with E-state index in [9.17, 15) is 28.8 Å². The lowest BCUT2D eigenvalue weighted by atomic mass is 9.99. The fourth-order valence-corrected chi connectivity index (χ4v) is 9.49. The van der Waals surface area contributed by atoms with E-state index in [1.165, 1.54) is 0 Å². The largest absolute Gasteiger partial charge is 0.463 e. The van der Waals surface area contributed by atoms with E-state index >= 15 is 0 Å². The SMILES string of the molecule is Cc1cc(C[C@@H](OC(=O)N2CCC(N3CCc4ccccc4NC3=O)CC2)C(=O)N2CCC(N3CCC[C@@H]3C(=O)OCCN3CCCC3=O)CC2)cc2oc(=O)[nH]c12. The molecule has 2 atom stereocenters. The van der Waals surface area contributed by atoms with E-state index in [-0.39, 0.29) is 55.0 Å². The molecule has 16 nitrogen and oxygen atoms in total. The van der Waals surface area contributed by atoms with Crippen molar-refractivity contribution in [1.82, 2.24) is 29.5 Å². The Labute approximate surface area is 336 Å². The number of carbonyl (C=O) groups is 5. The molecule has 0 spiro atoms. The van der Waals surface area contributed by atoms with E-state index in [0.29, 0.717) is 101 Å². The lowest BCUT2D eigenvalue weighted by Crippen LogP contribution is -2.53. The Morgan fingerprint density at radius 3 is 2.40 bits per heavy atom. The number of oxazole rings is 1. The number of anilines is 1. The number of rotatable bonds is 10. The minimum Gasteiger partial charge on any atom is -0.463 e. The molecule has 8 rings (SSSR count). The number of esters is 1. The van der Waals surface area contributed by atoms with Crippen LogP contribution in [-0.4, -0.2) is 143 Å². The highest BCUT2D eigenvalue weighted by molar-refractivity contribution is 5.91. The number of hydrogen-bond acceptors (Lipinski definition) is 10. The number of para-hydroxylation sites is 1. The second kappa shape index (κ2) is 17.2. The second-order valence-electron chi connectivity index (χ2n) is 16.2. The van der Waals surface area contributed by atoms with Crippen LogP contribution in [0.3, 0.4) is 0 Å². The summed E-state index contributed by atoms with van der Waals surface area (Å²) in [5.41, 5.74) is 4.32.